The fraction of sp³-hybridized carbons (Fsp3) is 0.400. The number of H-pyrrole nitrogens is 1. The Bertz CT molecular complexity index is 365. The molecule has 2 heterocycles. The van der Waals surface area contributed by atoms with Crippen molar-refractivity contribution >= 4 is 11.0 Å². The molecule has 0 aliphatic carbocycles. The molecule has 0 aliphatic rings. The number of rotatable bonds is 1. The minimum absolute atomic E-state index is 0.863. The zero-order chi connectivity index (χ0) is 9.68. The van der Waals surface area contributed by atoms with Crippen LogP contribution in [0.2, 0.25) is 0 Å². The number of nitrogens with one attached hydrogen (secondary N) is 1. The van der Waals surface area contributed by atoms with Crippen LogP contribution in [0.1, 0.15) is 26.3 Å². The molecule has 0 atom stereocenters. The van der Waals surface area contributed by atoms with Gasteiger partial charge in [0.15, 0.2) is 5.65 Å². The number of aryl methyl sites for hydroxylation is 1. The van der Waals surface area contributed by atoms with Crippen molar-refractivity contribution in [3.05, 3.63) is 24.0 Å². The first-order chi connectivity index (χ1) is 6.40. The summed E-state index contributed by atoms with van der Waals surface area (Å²) >= 11 is 0. The predicted molar refractivity (Wildman–Crippen MR) is 54.6 cm³/mol. The lowest BCUT2D eigenvalue weighted by molar-refractivity contribution is 1.08. The van der Waals surface area contributed by atoms with Crippen LogP contribution in [0.4, 0.5) is 0 Å². The molecule has 0 saturated heterocycles. The molecular weight excluding hydrogens is 162 g/mol. The lowest BCUT2D eigenvalue weighted by Gasteiger charge is -1.93. The number of hydrogen-bond donors (Lipinski definition) is 1. The van der Waals surface area contributed by atoms with Crippen molar-refractivity contribution in [1.82, 2.24) is 15.2 Å². The second-order valence-electron chi connectivity index (χ2n) is 2.50. The SMILES string of the molecule is CC.CCc1cnc2[nH]ncc2c1. The maximum absolute atomic E-state index is 4.19. The summed E-state index contributed by atoms with van der Waals surface area (Å²) < 4.78 is 0. The van der Waals surface area contributed by atoms with Gasteiger partial charge in [-0.15, -0.1) is 0 Å². The first-order valence-electron chi connectivity index (χ1n) is 4.68. The Labute approximate surface area is 78.2 Å². The normalized spacial score (nSPS) is 9.46. The van der Waals surface area contributed by atoms with Crippen LogP contribution in [-0.4, -0.2) is 15.2 Å². The van der Waals surface area contributed by atoms with E-state index in [9.17, 15) is 0 Å². The Hall–Kier alpha value is -1.38. The number of fused-ring (bicyclic) bond motifs is 1. The van der Waals surface area contributed by atoms with Gasteiger partial charge in [0.2, 0.25) is 0 Å². The Morgan fingerprint density at radius 2 is 2.08 bits per heavy atom. The number of aromatic amines is 1. The van der Waals surface area contributed by atoms with Crippen molar-refractivity contribution < 1.29 is 0 Å². The molecule has 0 spiro atoms. The topological polar surface area (TPSA) is 41.6 Å². The fourth-order valence-corrected chi connectivity index (χ4v) is 1.08. The van der Waals surface area contributed by atoms with E-state index in [0.717, 1.165) is 17.5 Å². The molecule has 0 fully saturated rings. The fourth-order valence-electron chi connectivity index (χ4n) is 1.08. The second-order valence-corrected chi connectivity index (χ2v) is 2.50. The van der Waals surface area contributed by atoms with Crippen molar-refractivity contribution in [1.29, 1.82) is 0 Å². The van der Waals surface area contributed by atoms with E-state index in [2.05, 4.69) is 28.2 Å². The van der Waals surface area contributed by atoms with E-state index in [1.807, 2.05) is 20.0 Å². The third kappa shape index (κ3) is 2.05. The van der Waals surface area contributed by atoms with Crippen LogP contribution in [-0.2, 0) is 6.42 Å². The van der Waals surface area contributed by atoms with Gasteiger partial charge in [-0.2, -0.15) is 5.10 Å². The Morgan fingerprint density at radius 3 is 2.77 bits per heavy atom. The molecule has 2 aromatic rings. The molecule has 0 unspecified atom stereocenters. The largest absolute Gasteiger partial charge is 0.261 e. The Balaban J connectivity index is 0.000000396. The minimum atomic E-state index is 0.863. The Kier molecular flexibility index (Phi) is 3.43. The molecular formula is C10H15N3. The number of aromatic nitrogens is 3. The first kappa shape index (κ1) is 9.71. The van der Waals surface area contributed by atoms with Gasteiger partial charge in [0, 0.05) is 11.6 Å². The molecule has 70 valence electrons. The third-order valence-electron chi connectivity index (χ3n) is 1.76. The average Bonchev–Trinajstić information content (AvgIpc) is 2.67. The second kappa shape index (κ2) is 4.60. The molecule has 3 nitrogen and oxygen atoms in total. The maximum Gasteiger partial charge on any atom is 0.155 e. The van der Waals surface area contributed by atoms with E-state index in [0.29, 0.717) is 0 Å². The van der Waals surface area contributed by atoms with Gasteiger partial charge < -0.3 is 0 Å². The van der Waals surface area contributed by atoms with Gasteiger partial charge in [-0.25, -0.2) is 4.98 Å². The van der Waals surface area contributed by atoms with Gasteiger partial charge in [-0.1, -0.05) is 20.8 Å². The molecule has 0 saturated carbocycles. The van der Waals surface area contributed by atoms with Crippen LogP contribution in [0.15, 0.2) is 18.5 Å². The minimum Gasteiger partial charge on any atom is -0.261 e. The molecule has 0 aromatic carbocycles. The van der Waals surface area contributed by atoms with Gasteiger partial charge in [0.05, 0.1) is 6.20 Å². The van der Waals surface area contributed by atoms with Crippen molar-refractivity contribution in [2.45, 2.75) is 27.2 Å². The molecule has 2 aromatic heterocycles. The van der Waals surface area contributed by atoms with Gasteiger partial charge >= 0.3 is 0 Å². The van der Waals surface area contributed by atoms with Crippen LogP contribution in [0.25, 0.3) is 11.0 Å². The summed E-state index contributed by atoms with van der Waals surface area (Å²) in [6.45, 7) is 6.11. The zero-order valence-corrected chi connectivity index (χ0v) is 8.33. The van der Waals surface area contributed by atoms with Crippen molar-refractivity contribution in [3.8, 4) is 0 Å². The van der Waals surface area contributed by atoms with Gasteiger partial charge in [0.1, 0.15) is 0 Å². The summed E-state index contributed by atoms with van der Waals surface area (Å²) in [5.74, 6) is 0. The lowest BCUT2D eigenvalue weighted by Crippen LogP contribution is -1.82. The molecule has 0 aliphatic heterocycles. The standard InChI is InChI=1S/C8H9N3.C2H6/c1-2-6-3-7-5-10-11-8(7)9-4-6;1-2/h3-5H,2H2,1H3,(H,9,10,11);1-2H3. The molecule has 0 bridgehead atoms. The van der Waals surface area contributed by atoms with E-state index in [4.69, 9.17) is 0 Å². The zero-order valence-electron chi connectivity index (χ0n) is 8.33. The highest BCUT2D eigenvalue weighted by molar-refractivity contribution is 5.73. The predicted octanol–water partition coefficient (Wildman–Crippen LogP) is 2.55. The molecule has 0 amide bonds. The van der Waals surface area contributed by atoms with E-state index in [1.54, 1.807) is 6.20 Å². The van der Waals surface area contributed by atoms with Gasteiger partial charge in [-0.05, 0) is 18.1 Å². The first-order valence-corrected chi connectivity index (χ1v) is 4.68. The number of pyridine rings is 1. The van der Waals surface area contributed by atoms with Crippen molar-refractivity contribution in [2.24, 2.45) is 0 Å². The van der Waals surface area contributed by atoms with Crippen LogP contribution in [0.3, 0.4) is 0 Å². The highest BCUT2D eigenvalue weighted by atomic mass is 15.1. The number of hydrogen-bond acceptors (Lipinski definition) is 2. The summed E-state index contributed by atoms with van der Waals surface area (Å²) in [5.41, 5.74) is 2.11. The average molecular weight is 177 g/mol. The van der Waals surface area contributed by atoms with Gasteiger partial charge in [-0.3, -0.25) is 5.10 Å². The smallest absolute Gasteiger partial charge is 0.155 e. The molecule has 0 radical (unpaired) electrons. The quantitative estimate of drug-likeness (QED) is 0.727. The highest BCUT2D eigenvalue weighted by Gasteiger charge is 1.96. The van der Waals surface area contributed by atoms with Crippen molar-refractivity contribution in [3.63, 3.8) is 0 Å². The maximum atomic E-state index is 4.19. The third-order valence-corrected chi connectivity index (χ3v) is 1.76. The van der Waals surface area contributed by atoms with E-state index in [-0.39, 0.29) is 0 Å². The van der Waals surface area contributed by atoms with Crippen LogP contribution >= 0.6 is 0 Å². The van der Waals surface area contributed by atoms with E-state index in [1.165, 1.54) is 5.56 Å². The lowest BCUT2D eigenvalue weighted by atomic mass is 10.2. The summed E-state index contributed by atoms with van der Waals surface area (Å²) in [6, 6.07) is 2.10. The highest BCUT2D eigenvalue weighted by Crippen LogP contribution is 2.09. The Morgan fingerprint density at radius 1 is 1.31 bits per heavy atom. The van der Waals surface area contributed by atoms with Crippen LogP contribution < -0.4 is 0 Å². The van der Waals surface area contributed by atoms with Crippen LogP contribution in [0.5, 0.6) is 0 Å². The van der Waals surface area contributed by atoms with Gasteiger partial charge in [0.25, 0.3) is 0 Å². The van der Waals surface area contributed by atoms with E-state index >= 15 is 0 Å². The molecule has 2 rings (SSSR count). The summed E-state index contributed by atoms with van der Waals surface area (Å²) in [6.07, 6.45) is 4.69. The molecule has 3 heteroatoms. The summed E-state index contributed by atoms with van der Waals surface area (Å²) in [4.78, 5) is 4.19. The monoisotopic (exact) mass is 177 g/mol. The van der Waals surface area contributed by atoms with Crippen molar-refractivity contribution in [2.75, 3.05) is 0 Å². The van der Waals surface area contributed by atoms with Crippen LogP contribution in [0, 0.1) is 0 Å². The molecule has 13 heavy (non-hydrogen) atoms. The summed E-state index contributed by atoms with van der Waals surface area (Å²) in [5, 5.41) is 7.79. The number of nitrogens with zero attached hydrogens (tertiary/aromatic N) is 2. The molecule has 1 N–H and O–H groups in total. The summed E-state index contributed by atoms with van der Waals surface area (Å²) in [7, 11) is 0. The van der Waals surface area contributed by atoms with E-state index < -0.39 is 0 Å².